The van der Waals surface area contributed by atoms with Crippen LogP contribution in [0.3, 0.4) is 0 Å². The maximum atomic E-state index is 12.0. The molecular weight excluding hydrogens is 298 g/mol. The Morgan fingerprint density at radius 3 is 2.96 bits per heavy atom. The summed E-state index contributed by atoms with van der Waals surface area (Å²) in [7, 11) is 1.71. The monoisotopic (exact) mass is 315 g/mol. The van der Waals surface area contributed by atoms with E-state index in [9.17, 15) is 9.90 Å². The van der Waals surface area contributed by atoms with Crippen molar-refractivity contribution in [2.75, 3.05) is 0 Å². The van der Waals surface area contributed by atoms with Crippen LogP contribution in [0.1, 0.15) is 30.9 Å². The first-order valence-corrected chi connectivity index (χ1v) is 7.21. The molecule has 1 unspecified atom stereocenters. The minimum absolute atomic E-state index is 0.0633. The lowest BCUT2D eigenvalue weighted by Crippen LogP contribution is -2.27. The van der Waals surface area contributed by atoms with E-state index in [2.05, 4.69) is 25.5 Å². The minimum Gasteiger partial charge on any atom is -0.504 e. The van der Waals surface area contributed by atoms with Crippen LogP contribution in [0.5, 0.6) is 5.75 Å². The molecule has 0 spiro atoms. The highest BCUT2D eigenvalue weighted by Crippen LogP contribution is 2.21. The zero-order valence-corrected chi connectivity index (χ0v) is 12.8. The van der Waals surface area contributed by atoms with Crippen LogP contribution >= 0.6 is 0 Å². The molecule has 0 saturated heterocycles. The van der Waals surface area contributed by atoms with Gasteiger partial charge in [-0.15, -0.1) is 5.10 Å². The number of nitrogens with zero attached hydrogens (tertiary/aromatic N) is 6. The number of rotatable bonds is 5. The zero-order valence-electron chi connectivity index (χ0n) is 12.8. The fraction of sp³-hybridized carbons (Fsp3) is 0.357. The molecule has 3 aromatic rings. The number of hydrogen-bond donors (Lipinski definition) is 2. The fourth-order valence-corrected chi connectivity index (χ4v) is 2.29. The normalized spacial score (nSPS) is 12.4. The van der Waals surface area contributed by atoms with E-state index in [1.807, 2.05) is 0 Å². The van der Waals surface area contributed by atoms with Crippen molar-refractivity contribution in [2.24, 2.45) is 7.05 Å². The molecule has 2 N–H and O–H groups in total. The third-order valence-corrected chi connectivity index (χ3v) is 3.36. The average Bonchev–Trinajstić information content (AvgIpc) is 3.07. The van der Waals surface area contributed by atoms with Crippen LogP contribution in [-0.4, -0.2) is 40.4 Å². The molecule has 0 bridgehead atoms. The van der Waals surface area contributed by atoms with Gasteiger partial charge in [-0.05, 0) is 13.0 Å². The lowest BCUT2D eigenvalue weighted by molar-refractivity contribution is -0.121. The van der Waals surface area contributed by atoms with Gasteiger partial charge in [-0.1, -0.05) is 0 Å². The predicted octanol–water partition coefficient (Wildman–Crippen LogP) is 0.373. The van der Waals surface area contributed by atoms with E-state index >= 15 is 0 Å². The Labute approximate surface area is 132 Å². The van der Waals surface area contributed by atoms with E-state index in [1.165, 1.54) is 10.9 Å². The summed E-state index contributed by atoms with van der Waals surface area (Å²) in [5, 5.41) is 20.9. The standard InChI is InChI=1S/C14H17N7O2/c1-9(13-10(22)8-20(2)19-13)16-12(23)5-4-11-17-14-15-6-3-7-21(14)18-11/h3,6-9,22H,4-5H2,1-2H3,(H,16,23). The number of hydrogen-bond acceptors (Lipinski definition) is 6. The number of carbonyl (C=O) groups is 1. The summed E-state index contributed by atoms with van der Waals surface area (Å²) in [6.07, 6.45) is 5.54. The van der Waals surface area contributed by atoms with Crippen LogP contribution in [0.2, 0.25) is 0 Å². The van der Waals surface area contributed by atoms with Gasteiger partial charge in [0.15, 0.2) is 11.6 Å². The van der Waals surface area contributed by atoms with Gasteiger partial charge in [0, 0.05) is 32.3 Å². The second kappa shape index (κ2) is 6.03. The van der Waals surface area contributed by atoms with Gasteiger partial charge in [-0.2, -0.15) is 10.1 Å². The maximum Gasteiger partial charge on any atom is 0.252 e. The Morgan fingerprint density at radius 2 is 2.26 bits per heavy atom. The lowest BCUT2D eigenvalue weighted by Gasteiger charge is -2.11. The molecule has 0 aliphatic heterocycles. The number of fused-ring (bicyclic) bond motifs is 1. The van der Waals surface area contributed by atoms with E-state index in [0.717, 1.165) is 0 Å². The van der Waals surface area contributed by atoms with Gasteiger partial charge in [-0.3, -0.25) is 9.48 Å². The quantitative estimate of drug-likeness (QED) is 0.704. The van der Waals surface area contributed by atoms with E-state index in [-0.39, 0.29) is 24.1 Å². The summed E-state index contributed by atoms with van der Waals surface area (Å²) in [6, 6.07) is 1.39. The molecule has 3 heterocycles. The third kappa shape index (κ3) is 3.28. The molecule has 23 heavy (non-hydrogen) atoms. The maximum absolute atomic E-state index is 12.0. The molecule has 0 aliphatic rings. The summed E-state index contributed by atoms with van der Waals surface area (Å²) in [6.45, 7) is 1.77. The van der Waals surface area contributed by atoms with Crippen LogP contribution in [0.4, 0.5) is 0 Å². The number of aromatic nitrogens is 6. The van der Waals surface area contributed by atoms with E-state index in [0.29, 0.717) is 23.7 Å². The molecule has 0 saturated carbocycles. The summed E-state index contributed by atoms with van der Waals surface area (Å²) < 4.78 is 3.07. The van der Waals surface area contributed by atoms with Gasteiger partial charge in [-0.25, -0.2) is 9.50 Å². The van der Waals surface area contributed by atoms with Gasteiger partial charge < -0.3 is 10.4 Å². The van der Waals surface area contributed by atoms with Crippen molar-refractivity contribution in [2.45, 2.75) is 25.8 Å². The van der Waals surface area contributed by atoms with Crippen molar-refractivity contribution in [3.05, 3.63) is 36.2 Å². The summed E-state index contributed by atoms with van der Waals surface area (Å²) in [5.41, 5.74) is 0.441. The second-order valence-electron chi connectivity index (χ2n) is 5.25. The van der Waals surface area contributed by atoms with Gasteiger partial charge in [0.2, 0.25) is 5.91 Å². The molecule has 3 aromatic heterocycles. The van der Waals surface area contributed by atoms with Gasteiger partial charge in [0.25, 0.3) is 5.78 Å². The van der Waals surface area contributed by atoms with Crippen LogP contribution < -0.4 is 5.32 Å². The highest BCUT2D eigenvalue weighted by Gasteiger charge is 2.17. The highest BCUT2D eigenvalue weighted by atomic mass is 16.3. The molecular formula is C14H17N7O2. The first-order valence-electron chi connectivity index (χ1n) is 7.21. The molecule has 1 amide bonds. The molecule has 9 nitrogen and oxygen atoms in total. The molecule has 9 heteroatoms. The van der Waals surface area contributed by atoms with Crippen molar-refractivity contribution in [3.8, 4) is 5.75 Å². The third-order valence-electron chi connectivity index (χ3n) is 3.36. The smallest absolute Gasteiger partial charge is 0.252 e. The number of carbonyl (C=O) groups excluding carboxylic acids is 1. The Kier molecular flexibility index (Phi) is 3.92. The Bertz CT molecular complexity index is 806. The van der Waals surface area contributed by atoms with Crippen LogP contribution in [-0.2, 0) is 18.3 Å². The van der Waals surface area contributed by atoms with Crippen molar-refractivity contribution < 1.29 is 9.90 Å². The molecule has 0 radical (unpaired) electrons. The van der Waals surface area contributed by atoms with Crippen LogP contribution in [0.25, 0.3) is 5.78 Å². The first-order chi connectivity index (χ1) is 11.0. The Hall–Kier alpha value is -2.97. The van der Waals surface area contributed by atoms with E-state index in [1.54, 1.807) is 36.9 Å². The fourth-order valence-electron chi connectivity index (χ4n) is 2.29. The molecule has 0 aromatic carbocycles. The Morgan fingerprint density at radius 1 is 1.43 bits per heavy atom. The first kappa shape index (κ1) is 14.9. The summed E-state index contributed by atoms with van der Waals surface area (Å²) >= 11 is 0. The van der Waals surface area contributed by atoms with Crippen molar-refractivity contribution in [1.82, 2.24) is 34.7 Å². The number of nitrogens with one attached hydrogen (secondary N) is 1. The van der Waals surface area contributed by atoms with Crippen molar-refractivity contribution in [1.29, 1.82) is 0 Å². The molecule has 0 fully saturated rings. The van der Waals surface area contributed by atoms with Crippen LogP contribution in [0.15, 0.2) is 24.7 Å². The SMILES string of the molecule is CC(NC(=O)CCc1nc2ncccn2n1)c1nn(C)cc1O. The average molecular weight is 315 g/mol. The van der Waals surface area contributed by atoms with Crippen molar-refractivity contribution in [3.63, 3.8) is 0 Å². The zero-order chi connectivity index (χ0) is 16.4. The predicted molar refractivity (Wildman–Crippen MR) is 80.5 cm³/mol. The van der Waals surface area contributed by atoms with Crippen molar-refractivity contribution >= 4 is 11.7 Å². The highest BCUT2D eigenvalue weighted by molar-refractivity contribution is 5.76. The molecule has 3 rings (SSSR count). The number of aryl methyl sites for hydroxylation is 2. The topological polar surface area (TPSA) is 110 Å². The Balaban J connectivity index is 1.58. The number of aromatic hydroxyl groups is 1. The van der Waals surface area contributed by atoms with Gasteiger partial charge >= 0.3 is 0 Å². The summed E-state index contributed by atoms with van der Waals surface area (Å²) in [4.78, 5) is 20.4. The van der Waals surface area contributed by atoms with Gasteiger partial charge in [0.05, 0.1) is 12.2 Å². The summed E-state index contributed by atoms with van der Waals surface area (Å²) in [5.74, 6) is 0.977. The van der Waals surface area contributed by atoms with E-state index in [4.69, 9.17) is 0 Å². The molecule has 0 aliphatic carbocycles. The van der Waals surface area contributed by atoms with Gasteiger partial charge in [0.1, 0.15) is 5.69 Å². The largest absolute Gasteiger partial charge is 0.504 e. The van der Waals surface area contributed by atoms with Crippen LogP contribution in [0, 0.1) is 0 Å². The lowest BCUT2D eigenvalue weighted by atomic mass is 10.2. The minimum atomic E-state index is -0.376. The molecule has 120 valence electrons. The number of amides is 1. The second-order valence-corrected chi connectivity index (χ2v) is 5.25. The molecule has 1 atom stereocenters. The van der Waals surface area contributed by atoms with E-state index < -0.39 is 0 Å².